The van der Waals surface area contributed by atoms with Crippen LogP contribution in [-0.2, 0) is 17.7 Å². The van der Waals surface area contributed by atoms with E-state index in [2.05, 4.69) is 50.5 Å². The number of hydrogen-bond donors (Lipinski definition) is 2. The summed E-state index contributed by atoms with van der Waals surface area (Å²) < 4.78 is 12.6. The lowest BCUT2D eigenvalue weighted by Gasteiger charge is -2.36. The molecule has 7 heteroatoms. The first-order valence-electron chi connectivity index (χ1n) is 12.3. The summed E-state index contributed by atoms with van der Waals surface area (Å²) in [4.78, 5) is 21.2. The number of para-hydroxylation sites is 1. The number of morpholine rings is 1. The van der Waals surface area contributed by atoms with Crippen LogP contribution in [0.5, 0.6) is 11.5 Å². The number of aromatic nitrogens is 2. The van der Waals surface area contributed by atoms with Crippen molar-refractivity contribution in [2.24, 2.45) is 0 Å². The summed E-state index contributed by atoms with van der Waals surface area (Å²) in [6.45, 7) is 4.70. The van der Waals surface area contributed by atoms with Gasteiger partial charge in [0.15, 0.2) is 0 Å². The molecule has 2 aromatic carbocycles. The standard InChI is InChI=1S/C29H28N4O3/c1-19-5-6-23(31-16-19)17-32-22-7-8-26-21(14-22)13-20-3-2-4-25(29(20)36-26)27-18-33(11-12-35-27)24-9-10-30-28(34)15-24/h2-10,14-16,27,32H,11-13,17-18H2,1H3,(H,30,34). The molecule has 2 aliphatic heterocycles. The highest BCUT2D eigenvalue weighted by Crippen LogP contribution is 2.43. The van der Waals surface area contributed by atoms with Gasteiger partial charge in [0, 0.05) is 60.5 Å². The average Bonchev–Trinajstić information content (AvgIpc) is 2.91. The average molecular weight is 481 g/mol. The van der Waals surface area contributed by atoms with Crippen LogP contribution in [0.2, 0.25) is 0 Å². The molecule has 0 saturated carbocycles. The molecule has 182 valence electrons. The SMILES string of the molecule is Cc1ccc(CNc2ccc3c(c2)Cc2cccc(C4CN(c5cc[nH]c(=O)c5)CCO4)c2O3)nc1. The Balaban J connectivity index is 1.20. The van der Waals surface area contributed by atoms with E-state index in [-0.39, 0.29) is 11.7 Å². The van der Waals surface area contributed by atoms with Crippen molar-refractivity contribution in [2.45, 2.75) is 26.0 Å². The first kappa shape index (κ1) is 22.4. The quantitative estimate of drug-likeness (QED) is 0.370. The van der Waals surface area contributed by atoms with Crippen molar-refractivity contribution in [1.29, 1.82) is 0 Å². The summed E-state index contributed by atoms with van der Waals surface area (Å²) >= 11 is 0. The van der Waals surface area contributed by atoms with E-state index < -0.39 is 0 Å². The summed E-state index contributed by atoms with van der Waals surface area (Å²) in [6, 6.07) is 20.2. The summed E-state index contributed by atoms with van der Waals surface area (Å²) in [6.07, 6.45) is 4.23. The van der Waals surface area contributed by atoms with Crippen molar-refractivity contribution in [3.05, 3.63) is 111 Å². The first-order valence-corrected chi connectivity index (χ1v) is 12.3. The minimum Gasteiger partial charge on any atom is -0.456 e. The Kier molecular flexibility index (Phi) is 5.91. The predicted molar refractivity (Wildman–Crippen MR) is 140 cm³/mol. The maximum absolute atomic E-state index is 11.8. The van der Waals surface area contributed by atoms with Gasteiger partial charge in [0.25, 0.3) is 0 Å². The lowest BCUT2D eigenvalue weighted by molar-refractivity contribution is 0.0384. The van der Waals surface area contributed by atoms with Gasteiger partial charge < -0.3 is 24.7 Å². The van der Waals surface area contributed by atoms with Crippen LogP contribution >= 0.6 is 0 Å². The zero-order valence-corrected chi connectivity index (χ0v) is 20.2. The topological polar surface area (TPSA) is 79.5 Å². The summed E-state index contributed by atoms with van der Waals surface area (Å²) in [5.74, 6) is 1.75. The van der Waals surface area contributed by atoms with Gasteiger partial charge in [-0.25, -0.2) is 0 Å². The maximum Gasteiger partial charge on any atom is 0.249 e. The third kappa shape index (κ3) is 4.57. The van der Waals surface area contributed by atoms with Crippen LogP contribution in [0.1, 0.15) is 34.1 Å². The number of nitrogens with one attached hydrogen (secondary N) is 2. The van der Waals surface area contributed by atoms with Gasteiger partial charge in [-0.2, -0.15) is 0 Å². The van der Waals surface area contributed by atoms with E-state index in [1.165, 1.54) is 0 Å². The van der Waals surface area contributed by atoms with Crippen LogP contribution in [0, 0.1) is 6.92 Å². The molecule has 2 aliphatic rings. The molecule has 1 saturated heterocycles. The molecule has 6 rings (SSSR count). The van der Waals surface area contributed by atoms with Crippen molar-refractivity contribution in [3.63, 3.8) is 0 Å². The van der Waals surface area contributed by atoms with E-state index in [1.54, 1.807) is 12.3 Å². The lowest BCUT2D eigenvalue weighted by Crippen LogP contribution is -2.39. The Hall–Kier alpha value is -4.10. The monoisotopic (exact) mass is 480 g/mol. The smallest absolute Gasteiger partial charge is 0.249 e. The minimum absolute atomic E-state index is 0.100. The highest BCUT2D eigenvalue weighted by Gasteiger charge is 2.28. The molecule has 0 aliphatic carbocycles. The van der Waals surface area contributed by atoms with Gasteiger partial charge in [-0.1, -0.05) is 24.3 Å². The van der Waals surface area contributed by atoms with Crippen molar-refractivity contribution >= 4 is 11.4 Å². The third-order valence-electron chi connectivity index (χ3n) is 6.76. The highest BCUT2D eigenvalue weighted by atomic mass is 16.5. The Bertz CT molecular complexity index is 1450. The number of benzene rings is 2. The van der Waals surface area contributed by atoms with E-state index >= 15 is 0 Å². The predicted octanol–water partition coefficient (Wildman–Crippen LogP) is 4.96. The third-order valence-corrected chi connectivity index (χ3v) is 6.76. The van der Waals surface area contributed by atoms with Crippen LogP contribution in [0.15, 0.2) is 77.9 Å². The maximum atomic E-state index is 11.8. The number of H-pyrrole nitrogens is 1. The molecular formula is C29H28N4O3. The number of nitrogens with zero attached hydrogens (tertiary/aromatic N) is 2. The van der Waals surface area contributed by atoms with Gasteiger partial charge in [0.1, 0.15) is 17.6 Å². The van der Waals surface area contributed by atoms with Crippen molar-refractivity contribution < 1.29 is 9.47 Å². The van der Waals surface area contributed by atoms with Gasteiger partial charge in [-0.15, -0.1) is 0 Å². The normalized spacial score (nSPS) is 16.6. The fourth-order valence-electron chi connectivity index (χ4n) is 4.86. The number of ether oxygens (including phenoxy) is 2. The second kappa shape index (κ2) is 9.51. The lowest BCUT2D eigenvalue weighted by atomic mass is 9.95. The number of rotatable bonds is 5. The fraction of sp³-hybridized carbons (Fsp3) is 0.241. The number of fused-ring (bicyclic) bond motifs is 2. The van der Waals surface area contributed by atoms with Crippen LogP contribution in [0.25, 0.3) is 0 Å². The van der Waals surface area contributed by atoms with E-state index in [9.17, 15) is 4.79 Å². The zero-order chi connectivity index (χ0) is 24.5. The second-order valence-corrected chi connectivity index (χ2v) is 9.33. The van der Waals surface area contributed by atoms with Gasteiger partial charge in [0.2, 0.25) is 5.56 Å². The summed E-state index contributed by atoms with van der Waals surface area (Å²) in [5, 5.41) is 3.47. The molecule has 4 aromatic rings. The number of pyridine rings is 2. The molecule has 1 unspecified atom stereocenters. The molecular weight excluding hydrogens is 452 g/mol. The molecule has 1 fully saturated rings. The summed E-state index contributed by atoms with van der Waals surface area (Å²) in [5.41, 5.74) is 7.35. The Morgan fingerprint density at radius 2 is 2.06 bits per heavy atom. The summed E-state index contributed by atoms with van der Waals surface area (Å²) in [7, 11) is 0. The van der Waals surface area contributed by atoms with E-state index in [0.29, 0.717) is 19.7 Å². The molecule has 7 nitrogen and oxygen atoms in total. The van der Waals surface area contributed by atoms with E-state index in [1.807, 2.05) is 37.4 Å². The second-order valence-electron chi connectivity index (χ2n) is 9.33. The number of anilines is 2. The molecule has 2 aromatic heterocycles. The Morgan fingerprint density at radius 1 is 1.11 bits per heavy atom. The molecule has 0 amide bonds. The van der Waals surface area contributed by atoms with Crippen molar-refractivity contribution in [3.8, 4) is 11.5 Å². The van der Waals surface area contributed by atoms with Gasteiger partial charge in [-0.3, -0.25) is 9.78 Å². The molecule has 2 N–H and O–H groups in total. The molecule has 36 heavy (non-hydrogen) atoms. The fourth-order valence-corrected chi connectivity index (χ4v) is 4.86. The van der Waals surface area contributed by atoms with E-state index in [4.69, 9.17) is 9.47 Å². The molecule has 0 bridgehead atoms. The number of hydrogen-bond acceptors (Lipinski definition) is 6. The van der Waals surface area contributed by atoms with Crippen LogP contribution in [0.4, 0.5) is 11.4 Å². The van der Waals surface area contributed by atoms with Crippen LogP contribution in [0.3, 0.4) is 0 Å². The molecule has 0 spiro atoms. The van der Waals surface area contributed by atoms with Crippen LogP contribution < -0.4 is 20.5 Å². The largest absolute Gasteiger partial charge is 0.456 e. The highest BCUT2D eigenvalue weighted by molar-refractivity contribution is 5.59. The Labute approximate surface area is 209 Å². The zero-order valence-electron chi connectivity index (χ0n) is 20.2. The first-order chi connectivity index (χ1) is 17.6. The minimum atomic E-state index is -0.141. The number of aromatic amines is 1. The molecule has 4 heterocycles. The molecule has 0 radical (unpaired) electrons. The van der Waals surface area contributed by atoms with Gasteiger partial charge >= 0.3 is 0 Å². The van der Waals surface area contributed by atoms with Crippen molar-refractivity contribution in [2.75, 3.05) is 29.9 Å². The van der Waals surface area contributed by atoms with Crippen molar-refractivity contribution in [1.82, 2.24) is 9.97 Å². The molecule has 1 atom stereocenters. The van der Waals surface area contributed by atoms with E-state index in [0.717, 1.165) is 63.8 Å². The number of aryl methyl sites for hydroxylation is 1. The Morgan fingerprint density at radius 3 is 2.92 bits per heavy atom. The van der Waals surface area contributed by atoms with Gasteiger partial charge in [0.05, 0.1) is 18.8 Å². The van der Waals surface area contributed by atoms with Gasteiger partial charge in [-0.05, 0) is 48.4 Å². The van der Waals surface area contributed by atoms with Crippen LogP contribution in [-0.4, -0.2) is 29.7 Å².